The summed E-state index contributed by atoms with van der Waals surface area (Å²) in [4.78, 5) is 10.9. The molecule has 10 heavy (non-hydrogen) atoms. The topological polar surface area (TPSA) is 17.1 Å². The highest BCUT2D eigenvalue weighted by molar-refractivity contribution is 14.1. The number of carbonyl (C=O) groups is 1. The largest absolute Gasteiger partial charge is 0.282 e. The van der Waals surface area contributed by atoms with E-state index in [1.54, 1.807) is 22.6 Å². The molecule has 0 aliphatic carbocycles. The zero-order chi connectivity index (χ0) is 7.56. The Balaban J connectivity index is 3.15. The smallest absolute Gasteiger partial charge is 0.222 e. The zero-order valence-corrected chi connectivity index (χ0v) is 7.75. The molecule has 1 rings (SSSR count). The van der Waals surface area contributed by atoms with Crippen molar-refractivity contribution in [3.8, 4) is 0 Å². The third-order valence-electron chi connectivity index (χ3n) is 1.36. The second kappa shape index (κ2) is 3.14. The first-order chi connectivity index (χ1) is 4.72. The summed E-state index contributed by atoms with van der Waals surface area (Å²) in [5.74, 6) is 0. The van der Waals surface area contributed by atoms with Crippen LogP contribution in [0.15, 0.2) is 24.3 Å². The maximum atomic E-state index is 10.9. The maximum absolute atomic E-state index is 10.9. The van der Waals surface area contributed by atoms with E-state index in [1.807, 2.05) is 31.2 Å². The molecule has 0 amide bonds. The van der Waals surface area contributed by atoms with Gasteiger partial charge in [-0.05, 0) is 12.5 Å². The van der Waals surface area contributed by atoms with Crippen LogP contribution in [0, 0.1) is 6.92 Å². The summed E-state index contributed by atoms with van der Waals surface area (Å²) in [5, 5.41) is 0. The predicted molar refractivity (Wildman–Crippen MR) is 49.5 cm³/mol. The standard InChI is InChI=1S/C8H7IO/c1-6-4-2-3-5-7(6)8(9)10/h2-5H,1H3. The molecule has 0 aliphatic heterocycles. The molecule has 0 unspecified atom stereocenters. The van der Waals surface area contributed by atoms with Crippen molar-refractivity contribution in [1.82, 2.24) is 0 Å². The zero-order valence-electron chi connectivity index (χ0n) is 5.60. The summed E-state index contributed by atoms with van der Waals surface area (Å²) in [6.07, 6.45) is 0. The fourth-order valence-electron chi connectivity index (χ4n) is 0.793. The van der Waals surface area contributed by atoms with Crippen molar-refractivity contribution >= 4 is 26.4 Å². The lowest BCUT2D eigenvalue weighted by Gasteiger charge is -1.96. The number of benzene rings is 1. The summed E-state index contributed by atoms with van der Waals surface area (Å²) in [7, 11) is 0. The van der Waals surface area contributed by atoms with Gasteiger partial charge in [-0.2, -0.15) is 0 Å². The van der Waals surface area contributed by atoms with Gasteiger partial charge in [0.1, 0.15) is 0 Å². The molecular formula is C8H7IO. The summed E-state index contributed by atoms with van der Waals surface area (Å²) in [6.45, 7) is 1.94. The molecule has 2 heteroatoms. The van der Waals surface area contributed by atoms with Gasteiger partial charge in [-0.1, -0.05) is 24.3 Å². The molecule has 0 radical (unpaired) electrons. The molecule has 0 fully saturated rings. The summed E-state index contributed by atoms with van der Waals surface area (Å²) in [5.41, 5.74) is 1.85. The molecular weight excluding hydrogens is 239 g/mol. The average molecular weight is 246 g/mol. The van der Waals surface area contributed by atoms with Gasteiger partial charge in [0.2, 0.25) is 3.79 Å². The van der Waals surface area contributed by atoms with E-state index in [9.17, 15) is 4.79 Å². The van der Waals surface area contributed by atoms with Crippen molar-refractivity contribution in [2.24, 2.45) is 0 Å². The van der Waals surface area contributed by atoms with Crippen LogP contribution >= 0.6 is 22.6 Å². The van der Waals surface area contributed by atoms with Crippen LogP contribution < -0.4 is 0 Å². The first kappa shape index (κ1) is 7.72. The van der Waals surface area contributed by atoms with Crippen LogP contribution in [0.4, 0.5) is 0 Å². The van der Waals surface area contributed by atoms with Crippen molar-refractivity contribution in [2.45, 2.75) is 6.92 Å². The highest BCUT2D eigenvalue weighted by Gasteiger charge is 2.01. The van der Waals surface area contributed by atoms with E-state index >= 15 is 0 Å². The first-order valence-electron chi connectivity index (χ1n) is 2.97. The Morgan fingerprint density at radius 2 is 2.00 bits per heavy atom. The predicted octanol–water partition coefficient (Wildman–Crippen LogP) is 2.57. The van der Waals surface area contributed by atoms with Gasteiger partial charge in [0, 0.05) is 28.2 Å². The van der Waals surface area contributed by atoms with E-state index in [1.165, 1.54) is 0 Å². The molecule has 0 heterocycles. The van der Waals surface area contributed by atoms with Crippen LogP contribution in [-0.4, -0.2) is 3.79 Å². The maximum Gasteiger partial charge on any atom is 0.222 e. The third-order valence-corrected chi connectivity index (χ3v) is 1.94. The third kappa shape index (κ3) is 1.56. The number of hydrogen-bond donors (Lipinski definition) is 0. The molecule has 0 spiro atoms. The number of hydrogen-bond acceptors (Lipinski definition) is 1. The minimum atomic E-state index is 0.107. The van der Waals surface area contributed by atoms with Crippen LogP contribution in [-0.2, 0) is 0 Å². The molecule has 0 aromatic heterocycles. The summed E-state index contributed by atoms with van der Waals surface area (Å²) < 4.78 is 0.107. The van der Waals surface area contributed by atoms with Gasteiger partial charge in [-0.3, -0.25) is 4.79 Å². The van der Waals surface area contributed by atoms with Gasteiger partial charge in [-0.15, -0.1) is 0 Å². The van der Waals surface area contributed by atoms with Crippen molar-refractivity contribution in [3.05, 3.63) is 35.4 Å². The minimum Gasteiger partial charge on any atom is -0.282 e. The Labute approximate surface area is 73.6 Å². The highest BCUT2D eigenvalue weighted by atomic mass is 127. The molecule has 0 atom stereocenters. The second-order valence-electron chi connectivity index (χ2n) is 2.09. The molecule has 0 bridgehead atoms. The molecule has 0 saturated heterocycles. The van der Waals surface area contributed by atoms with Gasteiger partial charge in [0.25, 0.3) is 0 Å². The van der Waals surface area contributed by atoms with Gasteiger partial charge in [0.15, 0.2) is 0 Å². The molecule has 0 saturated carbocycles. The lowest BCUT2D eigenvalue weighted by molar-refractivity contribution is 0.110. The average Bonchev–Trinajstić information content (AvgIpc) is 1.88. The van der Waals surface area contributed by atoms with Gasteiger partial charge >= 0.3 is 0 Å². The van der Waals surface area contributed by atoms with Crippen LogP contribution in [0.5, 0.6) is 0 Å². The Morgan fingerprint density at radius 3 is 2.40 bits per heavy atom. The van der Waals surface area contributed by atoms with Crippen molar-refractivity contribution in [3.63, 3.8) is 0 Å². The molecule has 1 aromatic carbocycles. The van der Waals surface area contributed by atoms with E-state index in [4.69, 9.17) is 0 Å². The number of halogens is 1. The molecule has 52 valence electrons. The van der Waals surface area contributed by atoms with Crippen molar-refractivity contribution in [2.75, 3.05) is 0 Å². The number of aryl methyl sites for hydroxylation is 1. The SMILES string of the molecule is Cc1ccccc1C(=O)I. The van der Waals surface area contributed by atoms with E-state index in [2.05, 4.69) is 0 Å². The lowest BCUT2D eigenvalue weighted by Crippen LogP contribution is -1.90. The van der Waals surface area contributed by atoms with Gasteiger partial charge in [-0.25, -0.2) is 0 Å². The van der Waals surface area contributed by atoms with Crippen LogP contribution in [0.2, 0.25) is 0 Å². The first-order valence-corrected chi connectivity index (χ1v) is 4.05. The second-order valence-corrected chi connectivity index (χ2v) is 3.07. The van der Waals surface area contributed by atoms with E-state index in [-0.39, 0.29) is 3.79 Å². The van der Waals surface area contributed by atoms with Gasteiger partial charge < -0.3 is 0 Å². The van der Waals surface area contributed by atoms with E-state index in [0.29, 0.717) is 0 Å². The Morgan fingerprint density at radius 1 is 1.40 bits per heavy atom. The Hall–Kier alpha value is -0.380. The fourth-order valence-corrected chi connectivity index (χ4v) is 1.40. The highest BCUT2D eigenvalue weighted by Crippen LogP contribution is 2.10. The van der Waals surface area contributed by atoms with Crippen molar-refractivity contribution in [1.29, 1.82) is 0 Å². The number of carbonyl (C=O) groups excluding carboxylic acids is 1. The molecule has 1 nitrogen and oxygen atoms in total. The fraction of sp³-hybridized carbons (Fsp3) is 0.125. The van der Waals surface area contributed by atoms with Crippen LogP contribution in [0.25, 0.3) is 0 Å². The van der Waals surface area contributed by atoms with Crippen LogP contribution in [0.3, 0.4) is 0 Å². The lowest BCUT2D eigenvalue weighted by atomic mass is 10.1. The van der Waals surface area contributed by atoms with Crippen LogP contribution in [0.1, 0.15) is 15.9 Å². The molecule has 0 aliphatic rings. The molecule has 1 aromatic rings. The Bertz CT molecular complexity index is 255. The number of rotatable bonds is 1. The normalized spacial score (nSPS) is 9.40. The minimum absolute atomic E-state index is 0.107. The monoisotopic (exact) mass is 246 g/mol. The van der Waals surface area contributed by atoms with E-state index in [0.717, 1.165) is 11.1 Å². The van der Waals surface area contributed by atoms with Crippen molar-refractivity contribution < 1.29 is 4.79 Å². The van der Waals surface area contributed by atoms with E-state index < -0.39 is 0 Å². The quantitative estimate of drug-likeness (QED) is 0.549. The summed E-state index contributed by atoms with van der Waals surface area (Å²) in [6, 6.07) is 7.58. The summed E-state index contributed by atoms with van der Waals surface area (Å²) >= 11 is 1.80. The molecule has 0 N–H and O–H groups in total. The van der Waals surface area contributed by atoms with Gasteiger partial charge in [0.05, 0.1) is 0 Å². The Kier molecular flexibility index (Phi) is 2.43.